The summed E-state index contributed by atoms with van der Waals surface area (Å²) in [6, 6.07) is 16.5. The summed E-state index contributed by atoms with van der Waals surface area (Å²) in [6.45, 7) is 0.532. The number of carbonyl (C=O) groups excluding carboxylic acids is 1. The lowest BCUT2D eigenvalue weighted by molar-refractivity contribution is 0.0950. The number of carbonyl (C=O) groups is 1. The second kappa shape index (κ2) is 9.33. The average molecular weight is 487 g/mol. The van der Waals surface area contributed by atoms with Crippen molar-refractivity contribution in [2.45, 2.75) is 17.9 Å². The number of methoxy groups -OCH3 is 2. The van der Waals surface area contributed by atoms with Gasteiger partial charge in [-0.05, 0) is 66.6 Å². The highest BCUT2D eigenvalue weighted by Gasteiger charge is 2.31. The van der Waals surface area contributed by atoms with Crippen molar-refractivity contribution in [2.24, 2.45) is 0 Å². The van der Waals surface area contributed by atoms with Crippen molar-refractivity contribution < 1.29 is 22.7 Å². The molecule has 0 aromatic heterocycles. The Hall–Kier alpha value is -3.23. The van der Waals surface area contributed by atoms with Crippen molar-refractivity contribution in [3.05, 3.63) is 82.4 Å². The van der Waals surface area contributed by atoms with Crippen molar-refractivity contribution in [3.8, 4) is 11.5 Å². The fourth-order valence-corrected chi connectivity index (χ4v) is 5.50. The molecule has 172 valence electrons. The number of halogens is 1. The van der Waals surface area contributed by atoms with Crippen LogP contribution in [0.1, 0.15) is 21.5 Å². The normalized spacial score (nSPS) is 12.9. The van der Waals surface area contributed by atoms with E-state index in [-0.39, 0.29) is 17.3 Å². The number of rotatable bonds is 7. The van der Waals surface area contributed by atoms with Gasteiger partial charge < -0.3 is 14.8 Å². The van der Waals surface area contributed by atoms with Crippen molar-refractivity contribution >= 4 is 33.2 Å². The van der Waals surface area contributed by atoms with Gasteiger partial charge in [0.05, 0.1) is 36.9 Å². The molecule has 0 atom stereocenters. The van der Waals surface area contributed by atoms with Gasteiger partial charge in [0, 0.05) is 17.1 Å². The summed E-state index contributed by atoms with van der Waals surface area (Å²) < 4.78 is 38.3. The molecule has 0 spiro atoms. The summed E-state index contributed by atoms with van der Waals surface area (Å²) in [6.07, 6.45) is 0.517. The molecule has 3 aromatic rings. The van der Waals surface area contributed by atoms with E-state index in [1.54, 1.807) is 56.7 Å². The highest BCUT2D eigenvalue weighted by Crippen LogP contribution is 2.34. The molecule has 0 aliphatic carbocycles. The Kier molecular flexibility index (Phi) is 6.49. The number of benzene rings is 3. The predicted octanol–water partition coefficient (Wildman–Crippen LogP) is 4.04. The minimum absolute atomic E-state index is 0.173. The zero-order valence-electron chi connectivity index (χ0n) is 18.2. The lowest BCUT2D eigenvalue weighted by Gasteiger charge is -2.20. The van der Waals surface area contributed by atoms with E-state index in [9.17, 15) is 13.2 Å². The van der Waals surface area contributed by atoms with Gasteiger partial charge in [-0.3, -0.25) is 9.10 Å². The summed E-state index contributed by atoms with van der Waals surface area (Å²) in [7, 11) is -0.597. The highest BCUT2D eigenvalue weighted by atomic mass is 35.5. The van der Waals surface area contributed by atoms with Crippen LogP contribution in [0.5, 0.6) is 11.5 Å². The monoisotopic (exact) mass is 486 g/mol. The molecule has 1 heterocycles. The van der Waals surface area contributed by atoms with E-state index in [1.165, 1.54) is 16.4 Å². The number of ether oxygens (including phenoxy) is 2. The third-order valence-electron chi connectivity index (χ3n) is 5.55. The number of sulfonamides is 1. The van der Waals surface area contributed by atoms with Gasteiger partial charge in [-0.25, -0.2) is 8.42 Å². The Morgan fingerprint density at radius 1 is 1.03 bits per heavy atom. The van der Waals surface area contributed by atoms with Crippen LogP contribution in [0.3, 0.4) is 0 Å². The van der Waals surface area contributed by atoms with Crippen LogP contribution in [0, 0.1) is 0 Å². The molecule has 9 heteroatoms. The zero-order chi connectivity index (χ0) is 23.6. The van der Waals surface area contributed by atoms with Gasteiger partial charge in [0.1, 0.15) is 11.5 Å². The molecule has 33 heavy (non-hydrogen) atoms. The summed E-state index contributed by atoms with van der Waals surface area (Å²) in [5.74, 6) is 0.961. The second-order valence-corrected chi connectivity index (χ2v) is 9.75. The van der Waals surface area contributed by atoms with Gasteiger partial charge in [-0.1, -0.05) is 17.7 Å². The molecule has 0 saturated heterocycles. The van der Waals surface area contributed by atoms with E-state index in [2.05, 4.69) is 5.32 Å². The number of hydrogen-bond donors (Lipinski definition) is 1. The molecular weight excluding hydrogens is 464 g/mol. The fraction of sp³-hybridized carbons (Fsp3) is 0.208. The van der Waals surface area contributed by atoms with Crippen LogP contribution in [0.4, 0.5) is 5.69 Å². The molecule has 0 bridgehead atoms. The summed E-state index contributed by atoms with van der Waals surface area (Å²) >= 11 is 5.89. The van der Waals surface area contributed by atoms with Crippen LogP contribution in [0.25, 0.3) is 0 Å². The zero-order valence-corrected chi connectivity index (χ0v) is 19.7. The standard InChI is InChI=1S/C24H23ClN2O5S/c1-31-22-4-3-5-23(32-2)20(22)15-26-24(28)17-6-11-21-16(14-17)12-13-27(21)33(29,30)19-9-7-18(25)8-10-19/h3-11,14H,12-13,15H2,1-2H3,(H,26,28). The largest absolute Gasteiger partial charge is 0.496 e. The van der Waals surface area contributed by atoms with E-state index >= 15 is 0 Å². The number of anilines is 1. The molecule has 0 unspecified atom stereocenters. The number of nitrogens with zero attached hydrogens (tertiary/aromatic N) is 1. The van der Waals surface area contributed by atoms with Gasteiger partial charge in [0.25, 0.3) is 15.9 Å². The Bertz CT molecular complexity index is 1270. The highest BCUT2D eigenvalue weighted by molar-refractivity contribution is 7.92. The maximum absolute atomic E-state index is 13.1. The van der Waals surface area contributed by atoms with E-state index in [4.69, 9.17) is 21.1 Å². The maximum atomic E-state index is 13.1. The van der Waals surface area contributed by atoms with E-state index in [1.807, 2.05) is 6.07 Å². The van der Waals surface area contributed by atoms with Crippen molar-refractivity contribution in [3.63, 3.8) is 0 Å². The third kappa shape index (κ3) is 4.49. The minimum Gasteiger partial charge on any atom is -0.496 e. The summed E-state index contributed by atoms with van der Waals surface area (Å²) in [5, 5.41) is 3.35. The maximum Gasteiger partial charge on any atom is 0.264 e. The first kappa shape index (κ1) is 22.9. The van der Waals surface area contributed by atoms with Crippen molar-refractivity contribution in [1.29, 1.82) is 0 Å². The first-order valence-electron chi connectivity index (χ1n) is 10.2. The minimum atomic E-state index is -3.72. The van der Waals surface area contributed by atoms with Crippen molar-refractivity contribution in [1.82, 2.24) is 5.32 Å². The van der Waals surface area contributed by atoms with Gasteiger partial charge in [-0.2, -0.15) is 0 Å². The first-order chi connectivity index (χ1) is 15.8. The number of nitrogens with one attached hydrogen (secondary N) is 1. The number of hydrogen-bond acceptors (Lipinski definition) is 5. The molecule has 1 amide bonds. The molecule has 1 aliphatic rings. The van der Waals surface area contributed by atoms with E-state index in [0.29, 0.717) is 40.7 Å². The molecule has 0 saturated carbocycles. The smallest absolute Gasteiger partial charge is 0.264 e. The molecule has 0 fully saturated rings. The van der Waals surface area contributed by atoms with Gasteiger partial charge in [0.15, 0.2) is 0 Å². The van der Waals surface area contributed by atoms with Crippen LogP contribution >= 0.6 is 11.6 Å². The molecule has 7 nitrogen and oxygen atoms in total. The molecule has 1 aliphatic heterocycles. The summed E-state index contributed by atoms with van der Waals surface area (Å²) in [4.78, 5) is 13.0. The number of fused-ring (bicyclic) bond motifs is 1. The topological polar surface area (TPSA) is 84.9 Å². The Balaban J connectivity index is 1.53. The fourth-order valence-electron chi connectivity index (χ4n) is 3.87. The number of amides is 1. The lowest BCUT2D eigenvalue weighted by Crippen LogP contribution is -2.29. The Morgan fingerprint density at radius 2 is 1.70 bits per heavy atom. The van der Waals surface area contributed by atoms with Crippen LogP contribution in [-0.2, 0) is 23.0 Å². The molecular formula is C24H23ClN2O5S. The molecule has 4 rings (SSSR count). The van der Waals surface area contributed by atoms with Crippen molar-refractivity contribution in [2.75, 3.05) is 25.1 Å². The van der Waals surface area contributed by atoms with Crippen LogP contribution in [-0.4, -0.2) is 35.1 Å². The molecule has 3 aromatic carbocycles. The SMILES string of the molecule is COc1cccc(OC)c1CNC(=O)c1ccc2c(c1)CCN2S(=O)(=O)c1ccc(Cl)cc1. The third-order valence-corrected chi connectivity index (χ3v) is 7.63. The quantitative estimate of drug-likeness (QED) is 0.545. The van der Waals surface area contributed by atoms with Crippen LogP contribution in [0.2, 0.25) is 5.02 Å². The Labute approximate surface area is 197 Å². The van der Waals surface area contributed by atoms with E-state index < -0.39 is 10.0 Å². The molecule has 0 radical (unpaired) electrons. The summed E-state index contributed by atoms with van der Waals surface area (Å²) in [5.41, 5.74) is 2.56. The second-order valence-electron chi connectivity index (χ2n) is 7.45. The van der Waals surface area contributed by atoms with E-state index in [0.717, 1.165) is 11.1 Å². The average Bonchev–Trinajstić information content (AvgIpc) is 3.26. The molecule has 1 N–H and O–H groups in total. The Morgan fingerprint density at radius 3 is 2.33 bits per heavy atom. The van der Waals surface area contributed by atoms with Crippen LogP contribution in [0.15, 0.2) is 65.6 Å². The van der Waals surface area contributed by atoms with Crippen LogP contribution < -0.4 is 19.1 Å². The lowest BCUT2D eigenvalue weighted by atomic mass is 10.1. The predicted molar refractivity (Wildman–Crippen MR) is 127 cm³/mol. The first-order valence-corrected chi connectivity index (χ1v) is 12.1. The van der Waals surface area contributed by atoms with Gasteiger partial charge >= 0.3 is 0 Å². The van der Waals surface area contributed by atoms with Gasteiger partial charge in [0.2, 0.25) is 0 Å². The van der Waals surface area contributed by atoms with Gasteiger partial charge in [-0.15, -0.1) is 0 Å².